The standard InChI is InChI=1S/C19H15N5O4S/c1-13-6-7-14(18-12-23-9-3-8-20-19(23)21-18)10-17(13)22-29(27,28)16-5-2-4-15(11-16)24(25)26/h2-12,22H,1H3. The number of rotatable bonds is 5. The molecule has 0 radical (unpaired) electrons. The molecule has 146 valence electrons. The van der Waals surface area contributed by atoms with Gasteiger partial charge in [0.25, 0.3) is 15.7 Å². The fourth-order valence-corrected chi connectivity index (χ4v) is 3.99. The molecule has 4 rings (SSSR count). The van der Waals surface area contributed by atoms with Crippen molar-refractivity contribution in [2.24, 2.45) is 0 Å². The van der Waals surface area contributed by atoms with Crippen LogP contribution in [-0.2, 0) is 10.0 Å². The lowest BCUT2D eigenvalue weighted by molar-refractivity contribution is -0.385. The van der Waals surface area contributed by atoms with Gasteiger partial charge < -0.3 is 0 Å². The van der Waals surface area contributed by atoms with Crippen molar-refractivity contribution in [2.75, 3.05) is 4.72 Å². The predicted octanol–water partition coefficient (Wildman–Crippen LogP) is 3.41. The zero-order valence-electron chi connectivity index (χ0n) is 15.2. The van der Waals surface area contributed by atoms with Gasteiger partial charge in [-0.25, -0.2) is 18.4 Å². The summed E-state index contributed by atoms with van der Waals surface area (Å²) >= 11 is 0. The lowest BCUT2D eigenvalue weighted by atomic mass is 10.1. The van der Waals surface area contributed by atoms with Gasteiger partial charge in [-0.05, 0) is 30.7 Å². The first-order valence-electron chi connectivity index (χ1n) is 8.51. The lowest BCUT2D eigenvalue weighted by Gasteiger charge is -2.12. The summed E-state index contributed by atoms with van der Waals surface area (Å²) < 4.78 is 29.8. The highest BCUT2D eigenvalue weighted by Gasteiger charge is 2.19. The van der Waals surface area contributed by atoms with Crippen molar-refractivity contribution in [3.63, 3.8) is 0 Å². The van der Waals surface area contributed by atoms with Crippen LogP contribution in [0.5, 0.6) is 0 Å². The van der Waals surface area contributed by atoms with Crippen molar-refractivity contribution >= 4 is 27.2 Å². The molecule has 2 heterocycles. The molecule has 29 heavy (non-hydrogen) atoms. The van der Waals surface area contributed by atoms with E-state index in [1.807, 2.05) is 12.3 Å². The van der Waals surface area contributed by atoms with Gasteiger partial charge in [0.2, 0.25) is 5.78 Å². The van der Waals surface area contributed by atoms with Crippen LogP contribution in [-0.4, -0.2) is 27.7 Å². The maximum atomic E-state index is 12.8. The molecule has 9 nitrogen and oxygen atoms in total. The zero-order chi connectivity index (χ0) is 20.6. The number of fused-ring (bicyclic) bond motifs is 1. The molecular formula is C19H15N5O4S. The van der Waals surface area contributed by atoms with Gasteiger partial charge in [0.1, 0.15) is 0 Å². The highest BCUT2D eigenvalue weighted by Crippen LogP contribution is 2.27. The molecule has 0 amide bonds. The molecule has 2 aromatic heterocycles. The normalized spacial score (nSPS) is 11.5. The molecule has 4 aromatic rings. The molecule has 0 aliphatic carbocycles. The van der Waals surface area contributed by atoms with E-state index in [-0.39, 0.29) is 10.6 Å². The minimum atomic E-state index is -4.01. The number of nitrogens with zero attached hydrogens (tertiary/aromatic N) is 4. The van der Waals surface area contributed by atoms with Crippen LogP contribution >= 0.6 is 0 Å². The van der Waals surface area contributed by atoms with Crippen LogP contribution < -0.4 is 4.72 Å². The number of anilines is 1. The SMILES string of the molecule is Cc1ccc(-c2cn3cccnc3n2)cc1NS(=O)(=O)c1cccc([N+](=O)[O-])c1. The number of imidazole rings is 1. The van der Waals surface area contributed by atoms with Crippen LogP contribution in [0.15, 0.2) is 72.0 Å². The summed E-state index contributed by atoms with van der Waals surface area (Å²) in [5.74, 6) is 0.529. The molecular weight excluding hydrogens is 394 g/mol. The second-order valence-corrected chi connectivity index (χ2v) is 8.03. The van der Waals surface area contributed by atoms with Crippen molar-refractivity contribution in [1.82, 2.24) is 14.4 Å². The van der Waals surface area contributed by atoms with E-state index in [2.05, 4.69) is 14.7 Å². The Labute approximate surface area is 165 Å². The molecule has 0 bridgehead atoms. The Bertz CT molecular complexity index is 1310. The third kappa shape index (κ3) is 3.65. The molecule has 0 spiro atoms. The van der Waals surface area contributed by atoms with Gasteiger partial charge in [0.05, 0.1) is 21.2 Å². The zero-order valence-corrected chi connectivity index (χ0v) is 16.0. The number of aryl methyl sites for hydroxylation is 1. The Morgan fingerprint density at radius 1 is 1.14 bits per heavy atom. The van der Waals surface area contributed by atoms with E-state index in [4.69, 9.17) is 0 Å². The number of nitrogens with one attached hydrogen (secondary N) is 1. The van der Waals surface area contributed by atoms with Gasteiger partial charge in [0, 0.05) is 36.3 Å². The van der Waals surface area contributed by atoms with E-state index in [1.165, 1.54) is 18.2 Å². The molecule has 0 atom stereocenters. The van der Waals surface area contributed by atoms with Gasteiger partial charge in [-0.3, -0.25) is 19.2 Å². The van der Waals surface area contributed by atoms with Gasteiger partial charge in [-0.15, -0.1) is 0 Å². The monoisotopic (exact) mass is 409 g/mol. The molecule has 2 aromatic carbocycles. The second-order valence-electron chi connectivity index (χ2n) is 6.34. The van der Waals surface area contributed by atoms with Crippen molar-refractivity contribution in [3.8, 4) is 11.3 Å². The minimum absolute atomic E-state index is 0.187. The maximum Gasteiger partial charge on any atom is 0.270 e. The quantitative estimate of drug-likeness (QED) is 0.398. The highest BCUT2D eigenvalue weighted by atomic mass is 32.2. The molecule has 1 N–H and O–H groups in total. The van der Waals surface area contributed by atoms with Crippen molar-refractivity contribution in [2.45, 2.75) is 11.8 Å². The van der Waals surface area contributed by atoms with Gasteiger partial charge in [0.15, 0.2) is 0 Å². The minimum Gasteiger partial charge on any atom is -0.291 e. The summed E-state index contributed by atoms with van der Waals surface area (Å²) in [5.41, 5.74) is 2.11. The maximum absolute atomic E-state index is 12.8. The average Bonchev–Trinajstić information content (AvgIpc) is 3.14. The molecule has 0 fully saturated rings. The Morgan fingerprint density at radius 3 is 2.72 bits per heavy atom. The highest BCUT2D eigenvalue weighted by molar-refractivity contribution is 7.92. The first-order chi connectivity index (χ1) is 13.8. The fourth-order valence-electron chi connectivity index (χ4n) is 2.83. The van der Waals surface area contributed by atoms with Gasteiger partial charge >= 0.3 is 0 Å². The Kier molecular flexibility index (Phi) is 4.47. The van der Waals surface area contributed by atoms with Crippen LogP contribution in [0.25, 0.3) is 17.0 Å². The van der Waals surface area contributed by atoms with E-state index in [0.29, 0.717) is 28.3 Å². The topological polar surface area (TPSA) is 120 Å². The number of hydrogen-bond donors (Lipinski definition) is 1. The summed E-state index contributed by atoms with van der Waals surface area (Å²) in [6.07, 6.45) is 5.25. The van der Waals surface area contributed by atoms with Crippen molar-refractivity contribution in [1.29, 1.82) is 0 Å². The van der Waals surface area contributed by atoms with E-state index < -0.39 is 14.9 Å². The molecule has 10 heteroatoms. The number of aromatic nitrogens is 3. The van der Waals surface area contributed by atoms with E-state index in [9.17, 15) is 18.5 Å². The fraction of sp³-hybridized carbons (Fsp3) is 0.0526. The molecule has 0 saturated carbocycles. The summed E-state index contributed by atoms with van der Waals surface area (Å²) in [6, 6.07) is 12.0. The Balaban J connectivity index is 1.71. The van der Waals surface area contributed by atoms with Crippen LogP contribution in [0.1, 0.15) is 5.56 Å². The molecule has 0 saturated heterocycles. The Morgan fingerprint density at radius 2 is 1.97 bits per heavy atom. The summed E-state index contributed by atoms with van der Waals surface area (Å²) in [4.78, 5) is 18.7. The molecule has 0 unspecified atom stereocenters. The summed E-state index contributed by atoms with van der Waals surface area (Å²) in [6.45, 7) is 1.76. The third-order valence-electron chi connectivity index (χ3n) is 4.35. The molecule has 0 aliphatic heterocycles. The van der Waals surface area contributed by atoms with Crippen LogP contribution in [0.2, 0.25) is 0 Å². The first kappa shape index (κ1) is 18.6. The summed E-state index contributed by atoms with van der Waals surface area (Å²) in [5, 5.41) is 10.9. The van der Waals surface area contributed by atoms with Crippen LogP contribution in [0, 0.1) is 17.0 Å². The molecule has 0 aliphatic rings. The second kappa shape index (κ2) is 6.99. The Hall–Kier alpha value is -3.79. The van der Waals surface area contributed by atoms with Crippen molar-refractivity contribution in [3.05, 3.63) is 82.8 Å². The number of nitro groups is 1. The lowest BCUT2D eigenvalue weighted by Crippen LogP contribution is -2.14. The first-order valence-corrected chi connectivity index (χ1v) is 10.00. The third-order valence-corrected chi connectivity index (χ3v) is 5.72. The van der Waals surface area contributed by atoms with Gasteiger partial charge in [-0.2, -0.15) is 0 Å². The van der Waals surface area contributed by atoms with Gasteiger partial charge in [-0.1, -0.05) is 18.2 Å². The number of nitro benzene ring substituents is 1. The number of benzene rings is 2. The van der Waals surface area contributed by atoms with E-state index in [0.717, 1.165) is 6.07 Å². The van der Waals surface area contributed by atoms with Crippen LogP contribution in [0.3, 0.4) is 0 Å². The number of non-ortho nitro benzene ring substituents is 1. The average molecular weight is 409 g/mol. The van der Waals surface area contributed by atoms with Crippen LogP contribution in [0.4, 0.5) is 11.4 Å². The van der Waals surface area contributed by atoms with E-state index in [1.54, 1.807) is 41.9 Å². The van der Waals surface area contributed by atoms with E-state index >= 15 is 0 Å². The predicted molar refractivity (Wildman–Crippen MR) is 107 cm³/mol. The number of sulfonamides is 1. The smallest absolute Gasteiger partial charge is 0.270 e. The largest absolute Gasteiger partial charge is 0.291 e. The van der Waals surface area contributed by atoms with Crippen molar-refractivity contribution < 1.29 is 13.3 Å². The number of hydrogen-bond acceptors (Lipinski definition) is 6. The summed E-state index contributed by atoms with van der Waals surface area (Å²) in [7, 11) is -4.01.